The zero-order chi connectivity index (χ0) is 13.2. The van der Waals surface area contributed by atoms with Crippen LogP contribution >= 0.6 is 11.6 Å². The van der Waals surface area contributed by atoms with Crippen LogP contribution in [0.25, 0.3) is 0 Å². The number of likely N-dealkylation sites (N-methyl/N-ethyl adjacent to an activating group) is 1. The van der Waals surface area contributed by atoms with Crippen molar-refractivity contribution in [3.63, 3.8) is 0 Å². The lowest BCUT2D eigenvalue weighted by molar-refractivity contribution is 0.171. The van der Waals surface area contributed by atoms with Gasteiger partial charge in [-0.05, 0) is 26.4 Å². The van der Waals surface area contributed by atoms with Gasteiger partial charge in [0.15, 0.2) is 11.5 Å². The quantitative estimate of drug-likeness (QED) is 0.904. The Labute approximate surface area is 118 Å². The lowest BCUT2D eigenvalue weighted by atomic mass is 10.1. The smallest absolute Gasteiger partial charge is 0.163 e. The maximum atomic E-state index is 6.31. The molecule has 1 saturated heterocycles. The molecule has 0 saturated carbocycles. The fraction of sp³-hybridized carbons (Fsp3) is 0.571. The molecule has 0 aromatic heterocycles. The number of benzene rings is 1. The molecule has 1 N–H and O–H groups in total. The summed E-state index contributed by atoms with van der Waals surface area (Å²) in [5, 5.41) is 4.21. The first-order chi connectivity index (χ1) is 9.22. The summed E-state index contributed by atoms with van der Waals surface area (Å²) in [6, 6.07) is 4.23. The highest BCUT2D eigenvalue weighted by atomic mass is 35.5. The number of piperidine rings is 1. The Bertz CT molecular complexity index is 467. The molecule has 2 heterocycles. The van der Waals surface area contributed by atoms with E-state index < -0.39 is 0 Å². The second-order valence-corrected chi connectivity index (χ2v) is 5.63. The number of rotatable bonds is 2. The highest BCUT2D eigenvalue weighted by Gasteiger charge is 2.20. The van der Waals surface area contributed by atoms with Gasteiger partial charge in [0.1, 0.15) is 13.2 Å². The van der Waals surface area contributed by atoms with Crippen LogP contribution in [0.2, 0.25) is 5.02 Å². The van der Waals surface area contributed by atoms with Gasteiger partial charge in [-0.25, -0.2) is 0 Å². The van der Waals surface area contributed by atoms with Crippen LogP contribution in [0.5, 0.6) is 11.5 Å². The molecule has 0 bridgehead atoms. The summed E-state index contributed by atoms with van der Waals surface area (Å²) in [7, 11) is 2.15. The summed E-state index contributed by atoms with van der Waals surface area (Å²) in [6.07, 6.45) is 2.39. The number of ether oxygens (including phenoxy) is 2. The molecule has 1 unspecified atom stereocenters. The first kappa shape index (κ1) is 12.9. The molecular weight excluding hydrogens is 264 g/mol. The second kappa shape index (κ2) is 5.47. The molecule has 0 spiro atoms. The van der Waals surface area contributed by atoms with E-state index in [0.29, 0.717) is 24.3 Å². The van der Waals surface area contributed by atoms with Gasteiger partial charge >= 0.3 is 0 Å². The number of fused-ring (bicyclic) bond motifs is 1. The summed E-state index contributed by atoms with van der Waals surface area (Å²) in [4.78, 5) is 2.34. The molecule has 0 amide bonds. The van der Waals surface area contributed by atoms with Crippen molar-refractivity contribution in [2.24, 2.45) is 0 Å². The van der Waals surface area contributed by atoms with Crippen molar-refractivity contribution < 1.29 is 9.47 Å². The minimum atomic E-state index is 0.443. The molecule has 1 aromatic rings. The number of anilines is 1. The average molecular weight is 283 g/mol. The van der Waals surface area contributed by atoms with E-state index in [1.807, 2.05) is 12.1 Å². The van der Waals surface area contributed by atoms with E-state index in [9.17, 15) is 0 Å². The van der Waals surface area contributed by atoms with Crippen LogP contribution in [-0.4, -0.2) is 44.3 Å². The number of nitrogens with one attached hydrogen (secondary N) is 1. The molecule has 1 atom stereocenters. The van der Waals surface area contributed by atoms with Crippen LogP contribution in [0, 0.1) is 0 Å². The summed E-state index contributed by atoms with van der Waals surface area (Å²) >= 11 is 6.31. The first-order valence-electron chi connectivity index (χ1n) is 6.76. The Morgan fingerprint density at radius 2 is 2.00 bits per heavy atom. The van der Waals surface area contributed by atoms with Crippen LogP contribution in [0.1, 0.15) is 12.8 Å². The number of nitrogens with zero attached hydrogens (tertiary/aromatic N) is 1. The Morgan fingerprint density at radius 1 is 1.26 bits per heavy atom. The van der Waals surface area contributed by atoms with E-state index in [1.54, 1.807) is 0 Å². The van der Waals surface area contributed by atoms with Crippen molar-refractivity contribution in [3.8, 4) is 11.5 Å². The van der Waals surface area contributed by atoms with Crippen LogP contribution in [0.15, 0.2) is 12.1 Å². The maximum absolute atomic E-state index is 6.31. The number of hydrogen-bond acceptors (Lipinski definition) is 4. The van der Waals surface area contributed by atoms with Gasteiger partial charge in [-0.2, -0.15) is 0 Å². The van der Waals surface area contributed by atoms with E-state index in [-0.39, 0.29) is 0 Å². The van der Waals surface area contributed by atoms with E-state index in [1.165, 1.54) is 19.4 Å². The van der Waals surface area contributed by atoms with Gasteiger partial charge in [-0.1, -0.05) is 11.6 Å². The average Bonchev–Trinajstić information content (AvgIpc) is 2.40. The van der Waals surface area contributed by atoms with Crippen LogP contribution < -0.4 is 14.8 Å². The first-order valence-corrected chi connectivity index (χ1v) is 7.14. The van der Waals surface area contributed by atoms with Gasteiger partial charge in [0, 0.05) is 24.7 Å². The topological polar surface area (TPSA) is 33.7 Å². The van der Waals surface area contributed by atoms with Crippen molar-refractivity contribution in [1.82, 2.24) is 4.90 Å². The fourth-order valence-electron chi connectivity index (χ4n) is 2.68. The van der Waals surface area contributed by atoms with Crippen molar-refractivity contribution >= 4 is 17.3 Å². The lowest BCUT2D eigenvalue weighted by Crippen LogP contribution is -2.39. The van der Waals surface area contributed by atoms with Crippen LogP contribution in [0.4, 0.5) is 5.69 Å². The predicted molar refractivity (Wildman–Crippen MR) is 76.6 cm³/mol. The molecule has 4 nitrogen and oxygen atoms in total. The third kappa shape index (κ3) is 2.90. The maximum Gasteiger partial charge on any atom is 0.163 e. The van der Waals surface area contributed by atoms with Gasteiger partial charge in [-0.15, -0.1) is 0 Å². The summed E-state index contributed by atoms with van der Waals surface area (Å²) in [6.45, 7) is 3.40. The van der Waals surface area contributed by atoms with Crippen LogP contribution in [-0.2, 0) is 0 Å². The molecule has 2 aliphatic rings. The fourth-order valence-corrected chi connectivity index (χ4v) is 2.89. The Kier molecular flexibility index (Phi) is 3.71. The molecule has 1 aromatic carbocycles. The van der Waals surface area contributed by atoms with Gasteiger partial charge in [0.25, 0.3) is 0 Å². The van der Waals surface area contributed by atoms with Gasteiger partial charge in [0.05, 0.1) is 10.7 Å². The normalized spacial score (nSPS) is 23.2. The number of hydrogen-bond donors (Lipinski definition) is 1. The predicted octanol–water partition coefficient (Wildman–Crippen LogP) is 2.62. The SMILES string of the molecule is CN1CCCC(Nc2cc3c(cc2Cl)OCCO3)C1. The zero-order valence-electron chi connectivity index (χ0n) is 11.1. The van der Waals surface area contributed by atoms with Gasteiger partial charge in [0.2, 0.25) is 0 Å². The van der Waals surface area contributed by atoms with Crippen molar-refractivity contribution in [2.75, 3.05) is 38.7 Å². The van der Waals surface area contributed by atoms with E-state index in [0.717, 1.165) is 23.7 Å². The monoisotopic (exact) mass is 282 g/mol. The summed E-state index contributed by atoms with van der Waals surface area (Å²) in [5.41, 5.74) is 0.936. The molecular formula is C14H19ClN2O2. The van der Waals surface area contributed by atoms with E-state index >= 15 is 0 Å². The Morgan fingerprint density at radius 3 is 2.74 bits per heavy atom. The largest absolute Gasteiger partial charge is 0.486 e. The molecule has 1 fully saturated rings. The van der Waals surface area contributed by atoms with Crippen molar-refractivity contribution in [1.29, 1.82) is 0 Å². The standard InChI is InChI=1S/C14H19ClN2O2/c1-17-4-2-3-10(9-17)16-12-8-14-13(7-11(12)15)18-5-6-19-14/h7-8,10,16H,2-6,9H2,1H3. The molecule has 3 rings (SSSR count). The summed E-state index contributed by atoms with van der Waals surface area (Å²) < 4.78 is 11.1. The van der Waals surface area contributed by atoms with Gasteiger partial charge in [-0.3, -0.25) is 0 Å². The molecule has 2 aliphatic heterocycles. The van der Waals surface area contributed by atoms with E-state index in [2.05, 4.69) is 17.3 Å². The second-order valence-electron chi connectivity index (χ2n) is 5.22. The Balaban J connectivity index is 1.76. The molecule has 104 valence electrons. The molecule has 19 heavy (non-hydrogen) atoms. The highest BCUT2D eigenvalue weighted by molar-refractivity contribution is 6.33. The molecule has 0 radical (unpaired) electrons. The van der Waals surface area contributed by atoms with E-state index in [4.69, 9.17) is 21.1 Å². The van der Waals surface area contributed by atoms with Crippen molar-refractivity contribution in [2.45, 2.75) is 18.9 Å². The lowest BCUT2D eigenvalue weighted by Gasteiger charge is -2.31. The minimum absolute atomic E-state index is 0.443. The van der Waals surface area contributed by atoms with Crippen LogP contribution in [0.3, 0.4) is 0 Å². The summed E-state index contributed by atoms with van der Waals surface area (Å²) in [5.74, 6) is 1.52. The zero-order valence-corrected chi connectivity index (χ0v) is 11.9. The minimum Gasteiger partial charge on any atom is -0.486 e. The highest BCUT2D eigenvalue weighted by Crippen LogP contribution is 2.38. The van der Waals surface area contributed by atoms with Crippen molar-refractivity contribution in [3.05, 3.63) is 17.2 Å². The van der Waals surface area contributed by atoms with Gasteiger partial charge < -0.3 is 19.7 Å². The number of halogens is 1. The molecule has 5 heteroatoms. The third-order valence-corrected chi connectivity index (χ3v) is 3.93. The Hall–Kier alpha value is -1.13. The number of likely N-dealkylation sites (tertiary alicyclic amines) is 1. The third-order valence-electron chi connectivity index (χ3n) is 3.62. The molecule has 0 aliphatic carbocycles.